The molecule has 2 aromatic rings. The second-order valence-electron chi connectivity index (χ2n) is 4.13. The van der Waals surface area contributed by atoms with E-state index in [9.17, 15) is 9.18 Å². The Morgan fingerprint density at radius 2 is 2.05 bits per heavy atom. The Morgan fingerprint density at radius 3 is 2.74 bits per heavy atom. The van der Waals surface area contributed by atoms with Gasteiger partial charge in [0.25, 0.3) is 0 Å². The third kappa shape index (κ3) is 3.55. The zero-order valence-electron chi connectivity index (χ0n) is 10.3. The minimum absolute atomic E-state index is 0.104. The van der Waals surface area contributed by atoms with Crippen molar-refractivity contribution in [1.29, 1.82) is 0 Å². The van der Waals surface area contributed by atoms with Gasteiger partial charge in [-0.15, -0.1) is 0 Å². The summed E-state index contributed by atoms with van der Waals surface area (Å²) in [6.45, 7) is 1.59. The molecule has 98 valence electrons. The van der Waals surface area contributed by atoms with E-state index in [4.69, 9.17) is 16.3 Å². The van der Waals surface area contributed by atoms with Gasteiger partial charge >= 0.3 is 0 Å². The molecule has 0 amide bonds. The van der Waals surface area contributed by atoms with Crippen LogP contribution in [0.4, 0.5) is 4.39 Å². The second-order valence-corrected chi connectivity index (χ2v) is 4.56. The molecule has 2 nitrogen and oxygen atoms in total. The summed E-state index contributed by atoms with van der Waals surface area (Å²) in [5.74, 6) is -0.0251. The molecule has 0 N–H and O–H groups in total. The molecule has 19 heavy (non-hydrogen) atoms. The molecule has 0 bridgehead atoms. The van der Waals surface area contributed by atoms with Crippen molar-refractivity contribution >= 4 is 17.4 Å². The van der Waals surface area contributed by atoms with Crippen molar-refractivity contribution in [3.05, 3.63) is 64.4 Å². The number of carbonyl (C=O) groups excluding carboxylic acids is 1. The topological polar surface area (TPSA) is 26.3 Å². The summed E-state index contributed by atoms with van der Waals surface area (Å²) in [4.78, 5) is 12.0. The van der Waals surface area contributed by atoms with E-state index in [0.717, 1.165) is 0 Å². The summed E-state index contributed by atoms with van der Waals surface area (Å²) >= 11 is 5.81. The lowest BCUT2D eigenvalue weighted by Gasteiger charge is -2.07. The van der Waals surface area contributed by atoms with E-state index in [0.29, 0.717) is 21.9 Å². The first-order chi connectivity index (χ1) is 9.06. The van der Waals surface area contributed by atoms with Gasteiger partial charge in [0.15, 0.2) is 12.4 Å². The number of ketones is 1. The molecule has 0 aliphatic rings. The minimum atomic E-state index is -0.357. The largest absolute Gasteiger partial charge is 0.485 e. The molecule has 0 saturated heterocycles. The highest BCUT2D eigenvalue weighted by molar-refractivity contribution is 6.30. The molecule has 0 fully saturated rings. The summed E-state index contributed by atoms with van der Waals surface area (Å²) < 4.78 is 18.3. The fraction of sp³-hybridized carbons (Fsp3) is 0.133. The van der Waals surface area contributed by atoms with Crippen molar-refractivity contribution < 1.29 is 13.9 Å². The number of rotatable bonds is 4. The molecule has 2 aromatic carbocycles. The van der Waals surface area contributed by atoms with E-state index in [1.165, 1.54) is 18.2 Å². The third-order valence-corrected chi connectivity index (χ3v) is 2.89. The van der Waals surface area contributed by atoms with E-state index in [1.54, 1.807) is 31.2 Å². The van der Waals surface area contributed by atoms with Crippen LogP contribution in [0, 0.1) is 12.7 Å². The summed E-state index contributed by atoms with van der Waals surface area (Å²) in [6, 6.07) is 10.9. The summed E-state index contributed by atoms with van der Waals surface area (Å²) in [6.07, 6.45) is 0. The maximum absolute atomic E-state index is 12.9. The van der Waals surface area contributed by atoms with E-state index < -0.39 is 0 Å². The average Bonchev–Trinajstić information content (AvgIpc) is 2.36. The molecule has 0 radical (unpaired) electrons. The van der Waals surface area contributed by atoms with Gasteiger partial charge < -0.3 is 4.74 Å². The zero-order chi connectivity index (χ0) is 13.8. The van der Waals surface area contributed by atoms with Crippen molar-refractivity contribution in [2.75, 3.05) is 6.61 Å². The highest BCUT2D eigenvalue weighted by Gasteiger charge is 2.10. The summed E-state index contributed by atoms with van der Waals surface area (Å²) in [5, 5.41) is 0.544. The summed E-state index contributed by atoms with van der Waals surface area (Å²) in [5.41, 5.74) is 1.06. The van der Waals surface area contributed by atoms with Crippen LogP contribution in [-0.2, 0) is 0 Å². The lowest BCUT2D eigenvalue weighted by atomic mass is 10.1. The van der Waals surface area contributed by atoms with Crippen molar-refractivity contribution in [3.8, 4) is 5.75 Å². The van der Waals surface area contributed by atoms with Crippen molar-refractivity contribution in [3.63, 3.8) is 0 Å². The Labute approximate surface area is 115 Å². The zero-order valence-corrected chi connectivity index (χ0v) is 11.1. The molecule has 4 heteroatoms. The monoisotopic (exact) mass is 278 g/mol. The SMILES string of the molecule is Cc1cc(F)ccc1C(=O)COc1cccc(Cl)c1. The minimum Gasteiger partial charge on any atom is -0.485 e. The Balaban J connectivity index is 2.05. The molecule has 0 saturated carbocycles. The molecule has 0 aromatic heterocycles. The van der Waals surface area contributed by atoms with Crippen molar-refractivity contribution in [2.24, 2.45) is 0 Å². The number of benzene rings is 2. The van der Waals surface area contributed by atoms with Gasteiger partial charge in [0.2, 0.25) is 0 Å². The standard InChI is InChI=1S/C15H12ClFO2/c1-10-7-12(17)5-6-14(10)15(18)9-19-13-4-2-3-11(16)8-13/h2-8H,9H2,1H3. The van der Waals surface area contributed by atoms with Crippen LogP contribution in [0.5, 0.6) is 5.75 Å². The average molecular weight is 279 g/mol. The van der Waals surface area contributed by atoms with Crippen LogP contribution in [0.2, 0.25) is 5.02 Å². The number of hydrogen-bond acceptors (Lipinski definition) is 2. The van der Waals surface area contributed by atoms with Crippen LogP contribution >= 0.6 is 11.6 Å². The number of halogens is 2. The molecule has 2 rings (SSSR count). The van der Waals surface area contributed by atoms with E-state index >= 15 is 0 Å². The quantitative estimate of drug-likeness (QED) is 0.789. The van der Waals surface area contributed by atoms with Gasteiger partial charge in [-0.2, -0.15) is 0 Å². The van der Waals surface area contributed by atoms with Gasteiger partial charge in [-0.25, -0.2) is 4.39 Å². The normalized spacial score (nSPS) is 10.3. The molecule has 0 unspecified atom stereocenters. The second kappa shape index (κ2) is 5.85. The summed E-state index contributed by atoms with van der Waals surface area (Å²) in [7, 11) is 0. The first kappa shape index (κ1) is 13.6. The van der Waals surface area contributed by atoms with Gasteiger partial charge in [0.1, 0.15) is 11.6 Å². The number of carbonyl (C=O) groups is 1. The number of hydrogen-bond donors (Lipinski definition) is 0. The lowest BCUT2D eigenvalue weighted by molar-refractivity contribution is 0.0921. The molecule has 0 aliphatic heterocycles. The highest BCUT2D eigenvalue weighted by atomic mass is 35.5. The van der Waals surface area contributed by atoms with Crippen LogP contribution in [0.15, 0.2) is 42.5 Å². The predicted molar refractivity (Wildman–Crippen MR) is 72.4 cm³/mol. The van der Waals surface area contributed by atoms with Crippen LogP contribution in [-0.4, -0.2) is 12.4 Å². The van der Waals surface area contributed by atoms with E-state index in [2.05, 4.69) is 0 Å². The Hall–Kier alpha value is -1.87. The van der Waals surface area contributed by atoms with Gasteiger partial charge in [-0.05, 0) is 48.9 Å². The van der Waals surface area contributed by atoms with Gasteiger partial charge in [-0.1, -0.05) is 17.7 Å². The molecule has 0 atom stereocenters. The molecule has 0 aliphatic carbocycles. The number of ether oxygens (including phenoxy) is 1. The number of aryl methyl sites for hydroxylation is 1. The fourth-order valence-corrected chi connectivity index (χ4v) is 1.90. The van der Waals surface area contributed by atoms with E-state index in [1.807, 2.05) is 0 Å². The lowest BCUT2D eigenvalue weighted by Crippen LogP contribution is -2.13. The van der Waals surface area contributed by atoms with Crippen LogP contribution in [0.25, 0.3) is 0 Å². The Bertz CT molecular complexity index is 611. The van der Waals surface area contributed by atoms with Gasteiger partial charge in [0.05, 0.1) is 0 Å². The first-order valence-electron chi connectivity index (χ1n) is 5.74. The van der Waals surface area contributed by atoms with Crippen LogP contribution in [0.3, 0.4) is 0 Å². The van der Waals surface area contributed by atoms with Crippen LogP contribution < -0.4 is 4.74 Å². The maximum atomic E-state index is 12.9. The smallest absolute Gasteiger partial charge is 0.200 e. The number of Topliss-reactive ketones (excluding diaryl/α,β-unsaturated/α-hetero) is 1. The highest BCUT2D eigenvalue weighted by Crippen LogP contribution is 2.18. The Morgan fingerprint density at radius 1 is 1.26 bits per heavy atom. The van der Waals surface area contributed by atoms with Crippen molar-refractivity contribution in [2.45, 2.75) is 6.92 Å². The molecule has 0 spiro atoms. The third-order valence-electron chi connectivity index (χ3n) is 2.65. The van der Waals surface area contributed by atoms with Crippen molar-refractivity contribution in [1.82, 2.24) is 0 Å². The fourth-order valence-electron chi connectivity index (χ4n) is 1.72. The van der Waals surface area contributed by atoms with Gasteiger partial charge in [-0.3, -0.25) is 4.79 Å². The molecular formula is C15H12ClFO2. The molecule has 0 heterocycles. The predicted octanol–water partition coefficient (Wildman–Crippen LogP) is 4.05. The van der Waals surface area contributed by atoms with Crippen LogP contribution in [0.1, 0.15) is 15.9 Å². The van der Waals surface area contributed by atoms with E-state index in [-0.39, 0.29) is 18.2 Å². The Kier molecular flexibility index (Phi) is 4.17. The maximum Gasteiger partial charge on any atom is 0.200 e. The van der Waals surface area contributed by atoms with Gasteiger partial charge in [0, 0.05) is 10.6 Å². The first-order valence-corrected chi connectivity index (χ1v) is 6.12. The molecular weight excluding hydrogens is 267 g/mol.